The number of aliphatic imine (C=N–C) groups is 2. The second-order valence-electron chi connectivity index (χ2n) is 9.36. The molecule has 2 aromatic carbocycles. The number of allylic oxidation sites excluding steroid dienone is 4. The Hall–Kier alpha value is -5.30. The number of hydrogen-bond acceptors (Lipinski definition) is 5. The highest BCUT2D eigenvalue weighted by Crippen LogP contribution is 2.30. The van der Waals surface area contributed by atoms with Crippen LogP contribution in [0.5, 0.6) is 0 Å². The molecule has 0 unspecified atom stereocenters. The van der Waals surface area contributed by atoms with E-state index in [1.165, 1.54) is 22.2 Å². The van der Waals surface area contributed by atoms with Crippen molar-refractivity contribution in [2.75, 3.05) is 7.05 Å². The zero-order valence-corrected chi connectivity index (χ0v) is 22.1. The minimum atomic E-state index is 0.355. The van der Waals surface area contributed by atoms with Crippen molar-refractivity contribution in [3.05, 3.63) is 152 Å². The Kier molecular flexibility index (Phi) is 7.14. The molecule has 2 aromatic rings. The number of benzene rings is 2. The minimum Gasteiger partial charge on any atom is -0.405 e. The molecule has 39 heavy (non-hydrogen) atoms. The SMILES string of the molecule is C=N/C1=C(\N(C)Cc2ccc(C3=C=CC(C)=c4ccccc4=C3)cc2)C2=C=C(N=CC=C2)C(N)=C=C1/C=C\N. The van der Waals surface area contributed by atoms with E-state index in [4.69, 9.17) is 11.5 Å². The predicted octanol–water partition coefficient (Wildman–Crippen LogP) is 4.14. The van der Waals surface area contributed by atoms with Crippen molar-refractivity contribution in [3.63, 3.8) is 0 Å². The van der Waals surface area contributed by atoms with Gasteiger partial charge < -0.3 is 16.4 Å². The third-order valence-electron chi connectivity index (χ3n) is 6.68. The van der Waals surface area contributed by atoms with Gasteiger partial charge in [0.2, 0.25) is 0 Å². The highest BCUT2D eigenvalue weighted by atomic mass is 15.1. The molecule has 0 atom stereocenters. The lowest BCUT2D eigenvalue weighted by Crippen LogP contribution is -2.25. The van der Waals surface area contributed by atoms with Crippen LogP contribution in [0.2, 0.25) is 0 Å². The number of nitrogens with two attached hydrogens (primary N) is 2. The van der Waals surface area contributed by atoms with Gasteiger partial charge >= 0.3 is 0 Å². The molecule has 1 heterocycles. The zero-order chi connectivity index (χ0) is 27.4. The first-order valence-corrected chi connectivity index (χ1v) is 12.6. The lowest BCUT2D eigenvalue weighted by atomic mass is 10.0. The number of likely N-dealkylation sites (N-methyl/N-ethyl adjacent to an activating group) is 1. The Morgan fingerprint density at radius 1 is 1.08 bits per heavy atom. The van der Waals surface area contributed by atoms with Crippen LogP contribution in [0.25, 0.3) is 17.2 Å². The molecule has 5 rings (SSSR count). The van der Waals surface area contributed by atoms with Crippen LogP contribution >= 0.6 is 0 Å². The average Bonchev–Trinajstić information content (AvgIpc) is 3.29. The van der Waals surface area contributed by atoms with Gasteiger partial charge in [-0.1, -0.05) is 60.0 Å². The van der Waals surface area contributed by atoms with Gasteiger partial charge in [0.15, 0.2) is 0 Å². The molecule has 1 aliphatic heterocycles. The van der Waals surface area contributed by atoms with Crippen molar-refractivity contribution in [1.82, 2.24) is 4.90 Å². The Bertz CT molecular complexity index is 1820. The lowest BCUT2D eigenvalue weighted by Gasteiger charge is -2.25. The van der Waals surface area contributed by atoms with Crippen molar-refractivity contribution in [2.45, 2.75) is 13.5 Å². The Labute approximate surface area is 228 Å². The van der Waals surface area contributed by atoms with Crippen LogP contribution in [0.15, 0.2) is 140 Å². The van der Waals surface area contributed by atoms with E-state index in [0.717, 1.165) is 28.0 Å². The molecule has 2 bridgehead atoms. The largest absolute Gasteiger partial charge is 0.405 e. The van der Waals surface area contributed by atoms with Gasteiger partial charge in [-0.25, -0.2) is 4.99 Å². The fourth-order valence-electron chi connectivity index (χ4n) is 4.77. The molecule has 0 fully saturated rings. The van der Waals surface area contributed by atoms with Crippen LogP contribution in [0.3, 0.4) is 0 Å². The van der Waals surface area contributed by atoms with Crippen molar-refractivity contribution in [2.24, 2.45) is 21.5 Å². The van der Waals surface area contributed by atoms with Gasteiger partial charge in [0.1, 0.15) is 17.1 Å². The van der Waals surface area contributed by atoms with Gasteiger partial charge in [0.05, 0.1) is 5.70 Å². The summed E-state index contributed by atoms with van der Waals surface area (Å²) in [6.07, 6.45) is 12.9. The van der Waals surface area contributed by atoms with Gasteiger partial charge in [0, 0.05) is 36.5 Å². The fraction of sp³-hybridized carbons (Fsp3) is 0.0882. The topological polar surface area (TPSA) is 80.0 Å². The molecule has 0 amide bonds. The maximum absolute atomic E-state index is 6.27. The van der Waals surface area contributed by atoms with E-state index in [1.54, 1.807) is 12.3 Å². The maximum atomic E-state index is 6.27. The molecule has 0 saturated heterocycles. The van der Waals surface area contributed by atoms with Crippen LogP contribution in [-0.2, 0) is 6.54 Å². The highest BCUT2D eigenvalue weighted by molar-refractivity contribution is 5.89. The second kappa shape index (κ2) is 11.0. The first-order valence-electron chi connectivity index (χ1n) is 12.6. The standard InChI is InChI=1S/C34H29N5/c1-23-10-13-26(19-27-7-4-5-9-30(23)27)25-14-11-24(12-15-25)22-39(3)34-29-8-6-18-38-32(21-29)31(36)20-28(16-17-35)33(34)37-2/h4-12,14-19H,2,22,35-36H2,1,3H3/b17-16-,34-33-. The maximum Gasteiger partial charge on any atom is 0.137 e. The summed E-state index contributed by atoms with van der Waals surface area (Å²) in [5, 5.41) is 2.43. The first-order chi connectivity index (χ1) is 19.0. The third-order valence-corrected chi connectivity index (χ3v) is 6.68. The highest BCUT2D eigenvalue weighted by Gasteiger charge is 2.20. The first kappa shape index (κ1) is 25.4. The molecule has 0 radical (unpaired) electrons. The summed E-state index contributed by atoms with van der Waals surface area (Å²) in [6, 6.07) is 17.0. The van der Waals surface area contributed by atoms with Crippen LogP contribution in [-0.4, -0.2) is 24.9 Å². The summed E-state index contributed by atoms with van der Waals surface area (Å²) in [7, 11) is 2.01. The van der Waals surface area contributed by atoms with E-state index in [1.807, 2.05) is 19.2 Å². The number of hydrogen-bond donors (Lipinski definition) is 2. The summed E-state index contributed by atoms with van der Waals surface area (Å²) in [5.74, 6) is 0. The zero-order valence-electron chi connectivity index (χ0n) is 22.1. The van der Waals surface area contributed by atoms with Crippen molar-refractivity contribution in [3.8, 4) is 0 Å². The third kappa shape index (κ3) is 5.24. The number of fused-ring (bicyclic) bond motifs is 1. The van der Waals surface area contributed by atoms with Crippen molar-refractivity contribution < 1.29 is 0 Å². The quantitative estimate of drug-likeness (QED) is 0.456. The monoisotopic (exact) mass is 507 g/mol. The van der Waals surface area contributed by atoms with E-state index >= 15 is 0 Å². The summed E-state index contributed by atoms with van der Waals surface area (Å²) >= 11 is 0. The average molecular weight is 508 g/mol. The minimum absolute atomic E-state index is 0.355. The molecule has 5 heteroatoms. The van der Waals surface area contributed by atoms with E-state index in [2.05, 4.69) is 106 Å². The summed E-state index contributed by atoms with van der Waals surface area (Å²) in [5.41, 5.74) is 30.2. The van der Waals surface area contributed by atoms with Gasteiger partial charge in [0.25, 0.3) is 0 Å². The van der Waals surface area contributed by atoms with Crippen molar-refractivity contribution in [1.29, 1.82) is 0 Å². The summed E-state index contributed by atoms with van der Waals surface area (Å²) < 4.78 is 0. The van der Waals surface area contributed by atoms with Crippen LogP contribution in [0, 0.1) is 0 Å². The molecular formula is C34H29N5. The molecule has 190 valence electrons. The normalized spacial score (nSPS) is 17.9. The van der Waals surface area contributed by atoms with Crippen LogP contribution < -0.4 is 21.9 Å². The molecule has 0 spiro atoms. The van der Waals surface area contributed by atoms with E-state index in [-0.39, 0.29) is 0 Å². The van der Waals surface area contributed by atoms with Crippen molar-refractivity contribution >= 4 is 30.2 Å². The molecule has 0 saturated carbocycles. The fourth-order valence-corrected chi connectivity index (χ4v) is 4.77. The van der Waals surface area contributed by atoms with Crippen LogP contribution in [0.1, 0.15) is 18.1 Å². The lowest BCUT2D eigenvalue weighted by molar-refractivity contribution is 0.416. The number of rotatable bonds is 6. The number of nitrogens with zero attached hydrogens (tertiary/aromatic N) is 3. The molecule has 5 nitrogen and oxygen atoms in total. The molecule has 3 aliphatic rings. The van der Waals surface area contributed by atoms with E-state index in [9.17, 15) is 0 Å². The smallest absolute Gasteiger partial charge is 0.137 e. The Balaban J connectivity index is 1.51. The molecular weight excluding hydrogens is 478 g/mol. The summed E-state index contributed by atoms with van der Waals surface area (Å²) in [6.45, 7) is 6.58. The van der Waals surface area contributed by atoms with E-state index < -0.39 is 0 Å². The Morgan fingerprint density at radius 2 is 1.87 bits per heavy atom. The Morgan fingerprint density at radius 3 is 2.64 bits per heavy atom. The molecule has 4 N–H and O–H groups in total. The summed E-state index contributed by atoms with van der Waals surface area (Å²) in [4.78, 5) is 10.9. The van der Waals surface area contributed by atoms with E-state index in [0.29, 0.717) is 29.2 Å². The van der Waals surface area contributed by atoms with Gasteiger partial charge in [-0.3, -0.25) is 4.99 Å². The second-order valence-corrected chi connectivity index (χ2v) is 9.36. The van der Waals surface area contributed by atoms with Crippen LogP contribution in [0.4, 0.5) is 0 Å². The van der Waals surface area contributed by atoms with Gasteiger partial charge in [-0.15, -0.1) is 5.73 Å². The molecule has 2 aliphatic carbocycles. The molecule has 0 aromatic heterocycles. The van der Waals surface area contributed by atoms with Gasteiger partial charge in [-0.05, 0) is 77.4 Å². The predicted molar refractivity (Wildman–Crippen MR) is 161 cm³/mol. The van der Waals surface area contributed by atoms with Gasteiger partial charge in [-0.2, -0.15) is 0 Å².